The minimum absolute atomic E-state index is 0.473. The van der Waals surface area contributed by atoms with E-state index >= 15 is 0 Å². The molecule has 2 rings (SSSR count). The molecule has 2 heterocycles. The number of pyridine rings is 2. The van der Waals surface area contributed by atoms with E-state index in [9.17, 15) is 4.79 Å². The zero-order valence-corrected chi connectivity index (χ0v) is 10.4. The molecule has 0 spiro atoms. The summed E-state index contributed by atoms with van der Waals surface area (Å²) in [5.41, 5.74) is 1.75. The Morgan fingerprint density at radius 1 is 1.38 bits per heavy atom. The van der Waals surface area contributed by atoms with Crippen LogP contribution in [-0.4, -0.2) is 16.3 Å². The summed E-state index contributed by atoms with van der Waals surface area (Å²) in [6, 6.07) is 3.43. The summed E-state index contributed by atoms with van der Waals surface area (Å²) in [5.74, 6) is 0. The highest BCUT2D eigenvalue weighted by molar-refractivity contribution is 9.10. The highest BCUT2D eigenvalue weighted by Crippen LogP contribution is 2.28. The molecule has 0 unspecified atom stereocenters. The van der Waals surface area contributed by atoms with Gasteiger partial charge >= 0.3 is 0 Å². The van der Waals surface area contributed by atoms with Gasteiger partial charge in [-0.25, -0.2) is 0 Å². The SMILES string of the molecule is O=Cc1cc(Br)cnc1-c1ccncc1Cl. The number of rotatable bonds is 2. The van der Waals surface area contributed by atoms with Crippen molar-refractivity contribution < 1.29 is 4.79 Å². The highest BCUT2D eigenvalue weighted by atomic mass is 79.9. The topological polar surface area (TPSA) is 42.9 Å². The molecule has 0 aromatic carbocycles. The van der Waals surface area contributed by atoms with E-state index in [1.807, 2.05) is 0 Å². The first kappa shape index (κ1) is 11.2. The number of hydrogen-bond acceptors (Lipinski definition) is 3. The van der Waals surface area contributed by atoms with Gasteiger partial charge in [-0.2, -0.15) is 0 Å². The van der Waals surface area contributed by atoms with E-state index in [0.29, 0.717) is 21.8 Å². The maximum atomic E-state index is 10.9. The Balaban J connectivity index is 2.65. The molecule has 0 N–H and O–H groups in total. The predicted octanol–water partition coefficient (Wildman–Crippen LogP) is 3.37. The fourth-order valence-electron chi connectivity index (χ4n) is 1.34. The molecule has 0 saturated heterocycles. The predicted molar refractivity (Wildman–Crippen MR) is 65.6 cm³/mol. The van der Waals surface area contributed by atoms with Crippen LogP contribution in [0.3, 0.4) is 0 Å². The highest BCUT2D eigenvalue weighted by Gasteiger charge is 2.10. The van der Waals surface area contributed by atoms with Crippen molar-refractivity contribution in [2.75, 3.05) is 0 Å². The molecule has 0 aliphatic heterocycles. The van der Waals surface area contributed by atoms with Crippen LogP contribution in [0.25, 0.3) is 11.3 Å². The largest absolute Gasteiger partial charge is 0.298 e. The van der Waals surface area contributed by atoms with E-state index in [1.165, 1.54) is 6.20 Å². The van der Waals surface area contributed by atoms with Crippen molar-refractivity contribution in [1.29, 1.82) is 0 Å². The van der Waals surface area contributed by atoms with Crippen LogP contribution in [0.2, 0.25) is 5.02 Å². The molecule has 0 amide bonds. The molecular formula is C11H6BrClN2O. The number of carbonyl (C=O) groups excluding carboxylic acids is 1. The van der Waals surface area contributed by atoms with E-state index in [-0.39, 0.29) is 0 Å². The Hall–Kier alpha value is -1.26. The van der Waals surface area contributed by atoms with Gasteiger partial charge in [-0.3, -0.25) is 14.8 Å². The minimum Gasteiger partial charge on any atom is -0.298 e. The van der Waals surface area contributed by atoms with E-state index in [1.54, 1.807) is 24.5 Å². The van der Waals surface area contributed by atoms with E-state index in [2.05, 4.69) is 25.9 Å². The van der Waals surface area contributed by atoms with E-state index < -0.39 is 0 Å². The summed E-state index contributed by atoms with van der Waals surface area (Å²) in [6.07, 6.45) is 5.51. The second-order valence-corrected chi connectivity index (χ2v) is 4.39. The van der Waals surface area contributed by atoms with Gasteiger partial charge in [0.05, 0.1) is 10.7 Å². The van der Waals surface area contributed by atoms with Crippen LogP contribution in [-0.2, 0) is 0 Å². The lowest BCUT2D eigenvalue weighted by Crippen LogP contribution is -1.92. The van der Waals surface area contributed by atoms with E-state index in [0.717, 1.165) is 10.8 Å². The molecule has 0 atom stereocenters. The van der Waals surface area contributed by atoms with Crippen LogP contribution in [0.15, 0.2) is 35.2 Å². The van der Waals surface area contributed by atoms with Crippen molar-refractivity contribution >= 4 is 33.8 Å². The Labute approximate surface area is 106 Å². The molecule has 5 heteroatoms. The third kappa shape index (κ3) is 2.13. The van der Waals surface area contributed by atoms with Gasteiger partial charge in [0.2, 0.25) is 0 Å². The first-order valence-electron chi connectivity index (χ1n) is 4.43. The van der Waals surface area contributed by atoms with E-state index in [4.69, 9.17) is 11.6 Å². The fourth-order valence-corrected chi connectivity index (χ4v) is 1.89. The van der Waals surface area contributed by atoms with Gasteiger partial charge < -0.3 is 0 Å². The number of nitrogens with zero attached hydrogens (tertiary/aromatic N) is 2. The zero-order valence-electron chi connectivity index (χ0n) is 8.02. The number of aromatic nitrogens is 2. The maximum absolute atomic E-state index is 10.9. The third-order valence-corrected chi connectivity index (χ3v) is 2.77. The zero-order chi connectivity index (χ0) is 11.5. The van der Waals surface area contributed by atoms with Gasteiger partial charge in [-0.1, -0.05) is 11.6 Å². The summed E-state index contributed by atoms with van der Waals surface area (Å²) < 4.78 is 0.753. The summed E-state index contributed by atoms with van der Waals surface area (Å²) in [4.78, 5) is 19.0. The lowest BCUT2D eigenvalue weighted by atomic mass is 10.1. The molecule has 0 radical (unpaired) electrons. The molecule has 0 fully saturated rings. The standard InChI is InChI=1S/C11H6BrClN2O/c12-8-3-7(6-16)11(15-4-8)9-1-2-14-5-10(9)13/h1-6H. The molecule has 3 nitrogen and oxygen atoms in total. The Kier molecular flexibility index (Phi) is 3.31. The molecule has 0 bridgehead atoms. The number of carbonyl (C=O) groups is 1. The average molecular weight is 298 g/mol. The summed E-state index contributed by atoms with van der Waals surface area (Å²) in [5, 5.41) is 0.473. The van der Waals surface area contributed by atoms with Crippen LogP contribution in [0.5, 0.6) is 0 Å². The van der Waals surface area contributed by atoms with Gasteiger partial charge in [0.25, 0.3) is 0 Å². The molecule has 80 valence electrons. The molecule has 0 aliphatic rings. The van der Waals surface area contributed by atoms with Gasteiger partial charge in [0, 0.05) is 34.2 Å². The first-order chi connectivity index (χ1) is 7.72. The normalized spacial score (nSPS) is 10.1. The van der Waals surface area contributed by atoms with Crippen molar-refractivity contribution in [3.63, 3.8) is 0 Å². The third-order valence-electron chi connectivity index (χ3n) is 2.04. The van der Waals surface area contributed by atoms with Crippen LogP contribution >= 0.6 is 27.5 Å². The second kappa shape index (κ2) is 4.72. The lowest BCUT2D eigenvalue weighted by Gasteiger charge is -2.05. The smallest absolute Gasteiger partial charge is 0.152 e. The van der Waals surface area contributed by atoms with Crippen molar-refractivity contribution in [2.24, 2.45) is 0 Å². The molecule has 2 aromatic rings. The first-order valence-corrected chi connectivity index (χ1v) is 5.60. The van der Waals surface area contributed by atoms with Crippen LogP contribution in [0.4, 0.5) is 0 Å². The number of halogens is 2. The quantitative estimate of drug-likeness (QED) is 0.798. The average Bonchev–Trinajstić information content (AvgIpc) is 2.30. The van der Waals surface area contributed by atoms with Crippen LogP contribution in [0, 0.1) is 0 Å². The monoisotopic (exact) mass is 296 g/mol. The number of hydrogen-bond donors (Lipinski definition) is 0. The van der Waals surface area contributed by atoms with Gasteiger partial charge in [-0.05, 0) is 28.1 Å². The number of aldehydes is 1. The molecule has 16 heavy (non-hydrogen) atoms. The molecular weight excluding hydrogens is 291 g/mol. The van der Waals surface area contributed by atoms with Gasteiger partial charge in [-0.15, -0.1) is 0 Å². The summed E-state index contributed by atoms with van der Waals surface area (Å²) >= 11 is 9.26. The second-order valence-electron chi connectivity index (χ2n) is 3.06. The van der Waals surface area contributed by atoms with Gasteiger partial charge in [0.15, 0.2) is 6.29 Å². The Morgan fingerprint density at radius 2 is 2.19 bits per heavy atom. The maximum Gasteiger partial charge on any atom is 0.152 e. The Bertz CT molecular complexity index is 545. The van der Waals surface area contributed by atoms with Crippen molar-refractivity contribution in [3.8, 4) is 11.3 Å². The van der Waals surface area contributed by atoms with Crippen molar-refractivity contribution in [1.82, 2.24) is 9.97 Å². The van der Waals surface area contributed by atoms with Crippen LogP contribution < -0.4 is 0 Å². The molecule has 2 aromatic heterocycles. The fraction of sp³-hybridized carbons (Fsp3) is 0. The van der Waals surface area contributed by atoms with Crippen LogP contribution in [0.1, 0.15) is 10.4 Å². The van der Waals surface area contributed by atoms with Crippen molar-refractivity contribution in [2.45, 2.75) is 0 Å². The van der Waals surface area contributed by atoms with Crippen molar-refractivity contribution in [3.05, 3.63) is 45.8 Å². The Morgan fingerprint density at radius 3 is 2.88 bits per heavy atom. The van der Waals surface area contributed by atoms with Gasteiger partial charge in [0.1, 0.15) is 0 Å². The summed E-state index contributed by atoms with van der Waals surface area (Å²) in [7, 11) is 0. The molecule has 0 saturated carbocycles. The lowest BCUT2D eigenvalue weighted by molar-refractivity contribution is 0.112. The summed E-state index contributed by atoms with van der Waals surface area (Å²) in [6.45, 7) is 0. The minimum atomic E-state index is 0.473. The molecule has 0 aliphatic carbocycles.